The van der Waals surface area contributed by atoms with Crippen LogP contribution in [0.4, 0.5) is 13.2 Å². The third-order valence-electron chi connectivity index (χ3n) is 4.88. The number of rotatable bonds is 6. The van der Waals surface area contributed by atoms with E-state index in [0.29, 0.717) is 11.1 Å². The molecule has 1 unspecified atom stereocenters. The molecule has 0 heterocycles. The average molecular weight is 409 g/mol. The third-order valence-corrected chi connectivity index (χ3v) is 4.88. The molecule has 0 aliphatic carbocycles. The molecular weight excluding hydrogens is 387 g/mol. The van der Waals surface area contributed by atoms with Gasteiger partial charge in [0.15, 0.2) is 17.5 Å². The molecule has 0 spiro atoms. The highest BCUT2D eigenvalue weighted by molar-refractivity contribution is 5.92. The van der Waals surface area contributed by atoms with E-state index in [1.807, 2.05) is 0 Å². The van der Waals surface area contributed by atoms with Crippen LogP contribution in [0.5, 0.6) is 0 Å². The van der Waals surface area contributed by atoms with Gasteiger partial charge in [-0.15, -0.1) is 0 Å². The summed E-state index contributed by atoms with van der Waals surface area (Å²) in [7, 11) is 3.41. The number of nitrogens with one attached hydrogen (secondary N) is 2. The first-order chi connectivity index (χ1) is 13.5. The van der Waals surface area contributed by atoms with Gasteiger partial charge in [0.05, 0.1) is 5.54 Å². The minimum absolute atomic E-state index is 0.105. The zero-order valence-electron chi connectivity index (χ0n) is 16.4. The van der Waals surface area contributed by atoms with E-state index >= 15 is 0 Å². The van der Waals surface area contributed by atoms with Gasteiger partial charge in [0.2, 0.25) is 5.91 Å². The lowest BCUT2D eigenvalue weighted by molar-refractivity contribution is -0.138. The second-order valence-corrected chi connectivity index (χ2v) is 7.21. The van der Waals surface area contributed by atoms with Gasteiger partial charge in [0.1, 0.15) is 6.04 Å². The maximum atomic E-state index is 13.5. The molecule has 3 N–H and O–H groups in total. The minimum Gasteiger partial charge on any atom is -0.339 e. The summed E-state index contributed by atoms with van der Waals surface area (Å²) in [5.41, 5.74) is 1.38. The molecule has 0 radical (unpaired) electrons. The molecule has 0 saturated heterocycles. The van der Waals surface area contributed by atoms with E-state index in [1.165, 1.54) is 29.7 Å². The van der Waals surface area contributed by atoms with E-state index in [0.717, 1.165) is 12.1 Å². The van der Waals surface area contributed by atoms with Crippen LogP contribution in [-0.2, 0) is 9.59 Å². The summed E-state index contributed by atoms with van der Waals surface area (Å²) in [6, 6.07) is 6.33. The SMILES string of the molecule is CN(C)C(C)(C)C(=O)NC(C(=O)NO)c1ccc(-c2cc(F)c(F)c(F)c2)cc1. The van der Waals surface area contributed by atoms with Crippen LogP contribution in [0.2, 0.25) is 0 Å². The fraction of sp³-hybridized carbons (Fsp3) is 0.300. The van der Waals surface area contributed by atoms with Gasteiger partial charge in [0.25, 0.3) is 5.91 Å². The Morgan fingerprint density at radius 3 is 1.97 bits per heavy atom. The van der Waals surface area contributed by atoms with Crippen molar-refractivity contribution in [1.82, 2.24) is 15.7 Å². The summed E-state index contributed by atoms with van der Waals surface area (Å²) in [6.07, 6.45) is 0. The quantitative estimate of drug-likeness (QED) is 0.389. The normalized spacial score (nSPS) is 12.6. The highest BCUT2D eigenvalue weighted by atomic mass is 19.2. The standard InChI is InChI=1S/C20H22F3N3O3/c1-20(2,26(3)4)19(28)24-17(18(27)25-29)12-7-5-11(6-8-12)13-9-14(21)16(23)15(22)10-13/h5-10,17,29H,1-4H3,(H,24,28)(H,25,27). The molecule has 29 heavy (non-hydrogen) atoms. The third kappa shape index (κ3) is 4.75. The van der Waals surface area contributed by atoms with Gasteiger partial charge < -0.3 is 5.32 Å². The van der Waals surface area contributed by atoms with Crippen molar-refractivity contribution in [3.05, 3.63) is 59.4 Å². The van der Waals surface area contributed by atoms with E-state index in [1.54, 1.807) is 32.8 Å². The van der Waals surface area contributed by atoms with Crippen LogP contribution in [0.15, 0.2) is 36.4 Å². The summed E-state index contributed by atoms with van der Waals surface area (Å²) in [5.74, 6) is -5.52. The molecule has 1 atom stereocenters. The van der Waals surface area contributed by atoms with Crippen LogP contribution < -0.4 is 10.8 Å². The molecule has 2 amide bonds. The van der Waals surface area contributed by atoms with E-state index in [4.69, 9.17) is 5.21 Å². The topological polar surface area (TPSA) is 81.7 Å². The molecule has 2 aromatic carbocycles. The number of hydrogen-bond acceptors (Lipinski definition) is 4. The highest BCUT2D eigenvalue weighted by Crippen LogP contribution is 2.26. The van der Waals surface area contributed by atoms with Crippen molar-refractivity contribution in [2.24, 2.45) is 0 Å². The summed E-state index contributed by atoms with van der Waals surface area (Å²) >= 11 is 0. The molecule has 6 nitrogen and oxygen atoms in total. The number of carbonyl (C=O) groups is 2. The molecule has 2 aromatic rings. The molecule has 0 fully saturated rings. The fourth-order valence-electron chi connectivity index (χ4n) is 2.47. The van der Waals surface area contributed by atoms with Crippen molar-refractivity contribution < 1.29 is 28.0 Å². The Hall–Kier alpha value is -2.91. The number of halogens is 3. The van der Waals surface area contributed by atoms with Crippen LogP contribution in [0.25, 0.3) is 11.1 Å². The lowest BCUT2D eigenvalue weighted by atomic mass is 9.98. The molecule has 0 aliphatic rings. The summed E-state index contributed by atoms with van der Waals surface area (Å²) in [4.78, 5) is 26.3. The number of carbonyl (C=O) groups excluding carboxylic acids is 2. The molecular formula is C20H22F3N3O3. The molecule has 2 rings (SSSR count). The van der Waals surface area contributed by atoms with E-state index in [-0.39, 0.29) is 5.56 Å². The second kappa shape index (κ2) is 8.62. The molecule has 156 valence electrons. The number of benzene rings is 2. The molecule has 9 heteroatoms. The molecule has 0 bridgehead atoms. The van der Waals surface area contributed by atoms with E-state index < -0.39 is 40.8 Å². The Balaban J connectivity index is 2.34. The number of amides is 2. The Kier molecular flexibility index (Phi) is 6.66. The van der Waals surface area contributed by atoms with Crippen molar-refractivity contribution in [2.45, 2.75) is 25.4 Å². The van der Waals surface area contributed by atoms with Crippen molar-refractivity contribution in [3.8, 4) is 11.1 Å². The Labute approximate surface area is 166 Å². The highest BCUT2D eigenvalue weighted by Gasteiger charge is 2.33. The number of nitrogens with zero attached hydrogens (tertiary/aromatic N) is 1. The molecule has 0 aliphatic heterocycles. The van der Waals surface area contributed by atoms with Crippen molar-refractivity contribution in [3.63, 3.8) is 0 Å². The Bertz CT molecular complexity index is 892. The second-order valence-electron chi connectivity index (χ2n) is 7.21. The lowest BCUT2D eigenvalue weighted by Gasteiger charge is -2.32. The van der Waals surface area contributed by atoms with Crippen molar-refractivity contribution in [1.29, 1.82) is 0 Å². The van der Waals surface area contributed by atoms with Crippen LogP contribution in [-0.4, -0.2) is 41.6 Å². The zero-order chi connectivity index (χ0) is 21.9. The average Bonchev–Trinajstić information content (AvgIpc) is 2.69. The zero-order valence-corrected chi connectivity index (χ0v) is 16.4. The first kappa shape index (κ1) is 22.4. The van der Waals surface area contributed by atoms with Crippen LogP contribution >= 0.6 is 0 Å². The molecule has 0 saturated carbocycles. The summed E-state index contributed by atoms with van der Waals surface area (Å²) in [6.45, 7) is 3.33. The van der Waals surface area contributed by atoms with Gasteiger partial charge in [-0.25, -0.2) is 18.7 Å². The van der Waals surface area contributed by atoms with Crippen LogP contribution in [0.3, 0.4) is 0 Å². The summed E-state index contributed by atoms with van der Waals surface area (Å²) < 4.78 is 40.1. The largest absolute Gasteiger partial charge is 0.339 e. The van der Waals surface area contributed by atoms with Crippen molar-refractivity contribution >= 4 is 11.8 Å². The Morgan fingerprint density at radius 1 is 1.00 bits per heavy atom. The predicted octanol–water partition coefficient (Wildman–Crippen LogP) is 2.77. The monoisotopic (exact) mass is 409 g/mol. The smallest absolute Gasteiger partial charge is 0.270 e. The molecule has 0 aromatic heterocycles. The van der Waals surface area contributed by atoms with Gasteiger partial charge in [-0.05, 0) is 56.8 Å². The number of likely N-dealkylation sites (N-methyl/N-ethyl adjacent to an activating group) is 1. The van der Waals surface area contributed by atoms with Gasteiger partial charge in [-0.1, -0.05) is 24.3 Å². The first-order valence-corrected chi connectivity index (χ1v) is 8.66. The maximum Gasteiger partial charge on any atom is 0.270 e. The van der Waals surface area contributed by atoms with E-state index in [9.17, 15) is 22.8 Å². The fourth-order valence-corrected chi connectivity index (χ4v) is 2.47. The van der Waals surface area contributed by atoms with Gasteiger partial charge >= 0.3 is 0 Å². The number of hydrogen-bond donors (Lipinski definition) is 3. The van der Waals surface area contributed by atoms with Gasteiger partial charge in [0, 0.05) is 0 Å². The minimum atomic E-state index is -1.56. The van der Waals surface area contributed by atoms with Crippen LogP contribution in [0.1, 0.15) is 25.5 Å². The lowest BCUT2D eigenvalue weighted by Crippen LogP contribution is -2.54. The summed E-state index contributed by atoms with van der Waals surface area (Å²) in [5, 5.41) is 11.6. The maximum absolute atomic E-state index is 13.5. The Morgan fingerprint density at radius 2 is 1.52 bits per heavy atom. The van der Waals surface area contributed by atoms with Crippen molar-refractivity contribution in [2.75, 3.05) is 14.1 Å². The van der Waals surface area contributed by atoms with Crippen LogP contribution in [0, 0.1) is 17.5 Å². The predicted molar refractivity (Wildman–Crippen MR) is 100 cm³/mol. The number of hydroxylamine groups is 1. The van der Waals surface area contributed by atoms with Gasteiger partial charge in [-0.3, -0.25) is 19.7 Å². The van der Waals surface area contributed by atoms with Gasteiger partial charge in [-0.2, -0.15) is 0 Å². The first-order valence-electron chi connectivity index (χ1n) is 8.66. The van der Waals surface area contributed by atoms with E-state index in [2.05, 4.69) is 5.32 Å².